The molecule has 1 amide bonds. The molecule has 0 aliphatic heterocycles. The van der Waals surface area contributed by atoms with Gasteiger partial charge in [0.15, 0.2) is 0 Å². The molecule has 1 rings (SSSR count). The summed E-state index contributed by atoms with van der Waals surface area (Å²) in [5, 5.41) is 2.93. The molecule has 96 valence electrons. The summed E-state index contributed by atoms with van der Waals surface area (Å²) in [4.78, 5) is 11.8. The van der Waals surface area contributed by atoms with E-state index in [0.717, 1.165) is 23.2 Å². The third-order valence-corrected chi connectivity index (χ3v) is 2.88. The highest BCUT2D eigenvalue weighted by Crippen LogP contribution is 2.17. The topological polar surface area (TPSA) is 55.1 Å². The molecule has 0 aliphatic rings. The molecule has 0 radical (unpaired) electrons. The number of hydrogen-bond acceptors (Lipinski definition) is 2. The second-order valence-corrected chi connectivity index (χ2v) is 4.33. The minimum atomic E-state index is 0.0288. The van der Waals surface area contributed by atoms with Crippen LogP contribution in [-0.4, -0.2) is 12.5 Å². The van der Waals surface area contributed by atoms with Gasteiger partial charge in [0.25, 0.3) is 0 Å². The Balaban J connectivity index is 2.83. The van der Waals surface area contributed by atoms with E-state index in [0.29, 0.717) is 6.54 Å². The number of aryl methyl sites for hydroxylation is 1. The Hall–Kier alpha value is -1.79. The van der Waals surface area contributed by atoms with Crippen LogP contribution in [0.3, 0.4) is 0 Å². The number of hydrogen-bond donors (Lipinski definition) is 2. The molecular weight excluding hydrogens is 224 g/mol. The zero-order valence-corrected chi connectivity index (χ0v) is 11.2. The fourth-order valence-electron chi connectivity index (χ4n) is 1.48. The van der Waals surface area contributed by atoms with Gasteiger partial charge in [0, 0.05) is 17.2 Å². The van der Waals surface area contributed by atoms with E-state index in [1.807, 2.05) is 39.0 Å². The van der Waals surface area contributed by atoms with Gasteiger partial charge in [-0.15, -0.1) is 0 Å². The van der Waals surface area contributed by atoms with Crippen molar-refractivity contribution in [2.75, 3.05) is 11.9 Å². The molecule has 1 atom stereocenters. The number of nitrogens with two attached hydrogens (primary N) is 1. The lowest BCUT2D eigenvalue weighted by molar-refractivity contribution is -0.119. The molecule has 0 saturated heterocycles. The molecule has 0 heterocycles. The highest BCUT2D eigenvalue weighted by atomic mass is 16.1. The molecule has 3 heteroatoms. The fourth-order valence-corrected chi connectivity index (χ4v) is 1.48. The van der Waals surface area contributed by atoms with E-state index in [9.17, 15) is 4.79 Å². The summed E-state index contributed by atoms with van der Waals surface area (Å²) in [5.41, 5.74) is 8.10. The van der Waals surface area contributed by atoms with Gasteiger partial charge >= 0.3 is 0 Å². The van der Waals surface area contributed by atoms with Gasteiger partial charge in [0.05, 0.1) is 6.54 Å². The maximum atomic E-state index is 11.8. The normalized spacial score (nSPS) is 11.3. The molecule has 0 fully saturated rings. The molecular formula is C15H20N2O. The Labute approximate surface area is 109 Å². The summed E-state index contributed by atoms with van der Waals surface area (Å²) in [7, 11) is 0. The van der Waals surface area contributed by atoms with Crippen LogP contribution in [0, 0.1) is 24.7 Å². The first kappa shape index (κ1) is 14.3. The van der Waals surface area contributed by atoms with Crippen LogP contribution in [0.15, 0.2) is 18.2 Å². The summed E-state index contributed by atoms with van der Waals surface area (Å²) in [6.45, 7) is 6.24. The first-order valence-electron chi connectivity index (χ1n) is 6.19. The van der Waals surface area contributed by atoms with Crippen LogP contribution in [0.2, 0.25) is 0 Å². The maximum Gasteiger partial charge on any atom is 0.227 e. The number of anilines is 1. The first-order valence-corrected chi connectivity index (χ1v) is 6.19. The predicted molar refractivity (Wildman–Crippen MR) is 75.2 cm³/mol. The molecule has 18 heavy (non-hydrogen) atoms. The molecule has 1 unspecified atom stereocenters. The van der Waals surface area contributed by atoms with Crippen molar-refractivity contribution in [1.29, 1.82) is 0 Å². The highest BCUT2D eigenvalue weighted by molar-refractivity contribution is 5.93. The zero-order valence-electron chi connectivity index (χ0n) is 11.2. The average molecular weight is 244 g/mol. The predicted octanol–water partition coefficient (Wildman–Crippen LogP) is 2.29. The van der Waals surface area contributed by atoms with Crippen LogP contribution in [0.1, 0.15) is 31.4 Å². The lowest BCUT2D eigenvalue weighted by Crippen LogP contribution is -2.20. The lowest BCUT2D eigenvalue weighted by atomic mass is 10.1. The van der Waals surface area contributed by atoms with Gasteiger partial charge in [-0.25, -0.2) is 0 Å². The van der Waals surface area contributed by atoms with Crippen molar-refractivity contribution in [3.63, 3.8) is 0 Å². The number of rotatable bonds is 3. The van der Waals surface area contributed by atoms with Gasteiger partial charge in [0.2, 0.25) is 5.91 Å². The summed E-state index contributed by atoms with van der Waals surface area (Å²) in [6.07, 6.45) is 0.838. The van der Waals surface area contributed by atoms with Crippen LogP contribution in [0.25, 0.3) is 0 Å². The molecule has 1 aromatic carbocycles. The monoisotopic (exact) mass is 244 g/mol. The van der Waals surface area contributed by atoms with Gasteiger partial charge in [-0.2, -0.15) is 0 Å². The van der Waals surface area contributed by atoms with Crippen molar-refractivity contribution in [3.8, 4) is 11.8 Å². The second-order valence-electron chi connectivity index (χ2n) is 4.33. The fraction of sp³-hybridized carbons (Fsp3) is 0.400. The Bertz CT molecular complexity index is 483. The first-order chi connectivity index (χ1) is 8.58. The van der Waals surface area contributed by atoms with Gasteiger partial charge in [-0.3, -0.25) is 4.79 Å². The van der Waals surface area contributed by atoms with Crippen LogP contribution < -0.4 is 11.1 Å². The summed E-state index contributed by atoms with van der Waals surface area (Å²) in [6, 6.07) is 5.73. The number of nitrogens with one attached hydrogen (secondary N) is 1. The Kier molecular flexibility index (Phi) is 5.41. The van der Waals surface area contributed by atoms with Crippen molar-refractivity contribution in [3.05, 3.63) is 29.3 Å². The quantitative estimate of drug-likeness (QED) is 0.801. The minimum absolute atomic E-state index is 0.0288. The summed E-state index contributed by atoms with van der Waals surface area (Å²) < 4.78 is 0. The van der Waals surface area contributed by atoms with Crippen molar-refractivity contribution in [1.82, 2.24) is 0 Å². The molecule has 3 N–H and O–H groups in total. The Morgan fingerprint density at radius 1 is 1.50 bits per heavy atom. The Morgan fingerprint density at radius 3 is 2.78 bits per heavy atom. The van der Waals surface area contributed by atoms with Gasteiger partial charge in [0.1, 0.15) is 0 Å². The molecule has 0 aromatic heterocycles. The van der Waals surface area contributed by atoms with Crippen molar-refractivity contribution in [2.24, 2.45) is 11.7 Å². The van der Waals surface area contributed by atoms with E-state index in [1.165, 1.54) is 0 Å². The van der Waals surface area contributed by atoms with E-state index in [-0.39, 0.29) is 11.8 Å². The van der Waals surface area contributed by atoms with Crippen molar-refractivity contribution >= 4 is 11.6 Å². The van der Waals surface area contributed by atoms with Crippen LogP contribution in [0.4, 0.5) is 5.69 Å². The third kappa shape index (κ3) is 3.90. The zero-order chi connectivity index (χ0) is 13.5. The molecule has 0 spiro atoms. The van der Waals surface area contributed by atoms with Crippen molar-refractivity contribution < 1.29 is 4.79 Å². The van der Waals surface area contributed by atoms with E-state index < -0.39 is 0 Å². The van der Waals surface area contributed by atoms with E-state index in [2.05, 4.69) is 17.2 Å². The van der Waals surface area contributed by atoms with Crippen molar-refractivity contribution in [2.45, 2.75) is 27.2 Å². The Morgan fingerprint density at radius 2 is 2.22 bits per heavy atom. The number of carbonyl (C=O) groups is 1. The number of carbonyl (C=O) groups excluding carboxylic acids is 1. The largest absolute Gasteiger partial charge is 0.326 e. The standard InChI is InChI=1S/C15H20N2O/c1-4-11(2)15(18)17-14-8-7-13(6-5-9-16)10-12(14)3/h7-8,10-11H,4,9,16H2,1-3H3,(H,17,18). The van der Waals surface area contributed by atoms with E-state index >= 15 is 0 Å². The minimum Gasteiger partial charge on any atom is -0.326 e. The number of amides is 1. The molecule has 0 aliphatic carbocycles. The third-order valence-electron chi connectivity index (χ3n) is 2.88. The maximum absolute atomic E-state index is 11.8. The van der Waals surface area contributed by atoms with Crippen LogP contribution in [-0.2, 0) is 4.79 Å². The molecule has 3 nitrogen and oxygen atoms in total. The van der Waals surface area contributed by atoms with Gasteiger partial charge in [-0.1, -0.05) is 25.7 Å². The smallest absolute Gasteiger partial charge is 0.227 e. The van der Waals surface area contributed by atoms with E-state index in [1.54, 1.807) is 0 Å². The van der Waals surface area contributed by atoms with E-state index in [4.69, 9.17) is 5.73 Å². The second kappa shape index (κ2) is 6.83. The number of benzene rings is 1. The molecule has 1 aromatic rings. The van der Waals surface area contributed by atoms with Gasteiger partial charge < -0.3 is 11.1 Å². The SMILES string of the molecule is CCC(C)C(=O)Nc1ccc(C#CCN)cc1C. The summed E-state index contributed by atoms with van der Waals surface area (Å²) in [5.74, 6) is 5.87. The summed E-state index contributed by atoms with van der Waals surface area (Å²) >= 11 is 0. The molecule has 0 bridgehead atoms. The lowest BCUT2D eigenvalue weighted by Gasteiger charge is -2.12. The molecule has 0 saturated carbocycles. The van der Waals surface area contributed by atoms with Crippen LogP contribution in [0.5, 0.6) is 0 Å². The van der Waals surface area contributed by atoms with Crippen LogP contribution >= 0.6 is 0 Å². The van der Waals surface area contributed by atoms with Gasteiger partial charge in [-0.05, 0) is 37.1 Å². The highest BCUT2D eigenvalue weighted by Gasteiger charge is 2.11. The average Bonchev–Trinajstić information content (AvgIpc) is 2.38.